The zero-order chi connectivity index (χ0) is 38.5. The summed E-state index contributed by atoms with van der Waals surface area (Å²) in [6.07, 6.45) is 0. The van der Waals surface area contributed by atoms with Gasteiger partial charge in [-0.2, -0.15) is 0 Å². The van der Waals surface area contributed by atoms with Crippen LogP contribution in [-0.4, -0.2) is 0 Å². The highest BCUT2D eigenvalue weighted by atomic mass is 16.3. The second-order valence-electron chi connectivity index (χ2n) is 16.0. The van der Waals surface area contributed by atoms with E-state index >= 15 is 0 Å². The van der Waals surface area contributed by atoms with Crippen LogP contribution in [0.15, 0.2) is 197 Å². The van der Waals surface area contributed by atoms with Crippen LogP contribution in [0, 0.1) is 0 Å². The minimum atomic E-state index is -0.109. The Balaban J connectivity index is 1.08. The largest absolute Gasteiger partial charge is 0.456 e. The Morgan fingerprint density at radius 1 is 0.414 bits per heavy atom. The van der Waals surface area contributed by atoms with Crippen LogP contribution >= 0.6 is 0 Å². The van der Waals surface area contributed by atoms with E-state index in [1.807, 2.05) is 12.1 Å². The van der Waals surface area contributed by atoms with Crippen molar-refractivity contribution in [1.29, 1.82) is 0 Å². The number of nitrogens with zero attached hydrogens (tertiary/aromatic N) is 1. The van der Waals surface area contributed by atoms with Gasteiger partial charge in [-0.3, -0.25) is 0 Å². The van der Waals surface area contributed by atoms with Gasteiger partial charge in [0.15, 0.2) is 0 Å². The molecular weight excluding hydrogens is 707 g/mol. The number of benzene rings is 9. The Bertz CT molecular complexity index is 3440. The molecule has 3 nitrogen and oxygen atoms in total. The first-order chi connectivity index (χ1) is 28.5. The number of fused-ring (bicyclic) bond motifs is 11. The van der Waals surface area contributed by atoms with Gasteiger partial charge in [0.25, 0.3) is 0 Å². The summed E-state index contributed by atoms with van der Waals surface area (Å²) >= 11 is 0. The molecule has 0 N–H and O–H groups in total. The van der Waals surface area contributed by atoms with Gasteiger partial charge in [-0.15, -0.1) is 0 Å². The number of rotatable bonds is 5. The van der Waals surface area contributed by atoms with E-state index in [4.69, 9.17) is 8.83 Å². The van der Waals surface area contributed by atoms with Gasteiger partial charge in [-0.25, -0.2) is 0 Å². The van der Waals surface area contributed by atoms with Crippen molar-refractivity contribution in [3.05, 3.63) is 199 Å². The molecule has 0 bridgehead atoms. The molecule has 0 aliphatic heterocycles. The normalized spacial score (nSPS) is 13.1. The van der Waals surface area contributed by atoms with Gasteiger partial charge in [0.05, 0.1) is 16.8 Å². The van der Waals surface area contributed by atoms with Crippen molar-refractivity contribution >= 4 is 71.7 Å². The zero-order valence-corrected chi connectivity index (χ0v) is 32.2. The summed E-state index contributed by atoms with van der Waals surface area (Å²) in [5.74, 6) is 0. The van der Waals surface area contributed by atoms with E-state index < -0.39 is 0 Å². The van der Waals surface area contributed by atoms with Crippen molar-refractivity contribution in [1.82, 2.24) is 0 Å². The fourth-order valence-electron chi connectivity index (χ4n) is 9.71. The van der Waals surface area contributed by atoms with Gasteiger partial charge in [0.1, 0.15) is 22.3 Å². The molecule has 12 rings (SSSR count). The molecule has 3 heteroatoms. The quantitative estimate of drug-likeness (QED) is 0.176. The highest BCUT2D eigenvalue weighted by Gasteiger charge is 2.37. The lowest BCUT2D eigenvalue weighted by molar-refractivity contribution is 0.660. The summed E-state index contributed by atoms with van der Waals surface area (Å²) in [6.45, 7) is 4.70. The lowest BCUT2D eigenvalue weighted by Crippen LogP contribution is -2.15. The molecule has 1 aliphatic rings. The molecule has 2 heterocycles. The summed E-state index contributed by atoms with van der Waals surface area (Å²) in [5.41, 5.74) is 16.6. The Morgan fingerprint density at radius 2 is 1.05 bits per heavy atom. The molecule has 1 aliphatic carbocycles. The molecule has 0 radical (unpaired) electrons. The smallest absolute Gasteiger partial charge is 0.143 e. The molecule has 0 saturated heterocycles. The molecule has 58 heavy (non-hydrogen) atoms. The highest BCUT2D eigenvalue weighted by molar-refractivity contribution is 6.20. The Morgan fingerprint density at radius 3 is 1.95 bits per heavy atom. The van der Waals surface area contributed by atoms with Crippen molar-refractivity contribution in [2.75, 3.05) is 4.90 Å². The average molecular weight is 744 g/mol. The van der Waals surface area contributed by atoms with Crippen LogP contribution in [0.4, 0.5) is 17.1 Å². The van der Waals surface area contributed by atoms with E-state index in [1.54, 1.807) is 0 Å². The number of hydrogen-bond donors (Lipinski definition) is 0. The fourth-order valence-corrected chi connectivity index (χ4v) is 9.71. The number of anilines is 3. The summed E-state index contributed by atoms with van der Waals surface area (Å²) in [6, 6.07) is 67.7. The molecule has 0 atom stereocenters. The average Bonchev–Trinajstić information content (AvgIpc) is 3.92. The van der Waals surface area contributed by atoms with E-state index in [1.165, 1.54) is 33.4 Å². The minimum absolute atomic E-state index is 0.109. The number of furan rings is 2. The SMILES string of the molecule is CC1(C)c2ccccc2-c2c(-c3ccccc3N(c3ccc(-c4ccc5c(c4)oc4ccccc45)cc3)c3cccc4oc5c6ccccc6ccc5c34)cccc21. The van der Waals surface area contributed by atoms with Crippen LogP contribution in [-0.2, 0) is 5.41 Å². The molecule has 274 valence electrons. The van der Waals surface area contributed by atoms with Crippen LogP contribution in [0.5, 0.6) is 0 Å². The molecule has 0 spiro atoms. The van der Waals surface area contributed by atoms with Gasteiger partial charge in [0.2, 0.25) is 0 Å². The van der Waals surface area contributed by atoms with Crippen molar-refractivity contribution in [2.24, 2.45) is 0 Å². The third-order valence-electron chi connectivity index (χ3n) is 12.5. The predicted molar refractivity (Wildman–Crippen MR) is 242 cm³/mol. The van der Waals surface area contributed by atoms with Gasteiger partial charge in [0, 0.05) is 38.2 Å². The maximum absolute atomic E-state index is 6.76. The molecule has 11 aromatic rings. The van der Waals surface area contributed by atoms with Crippen LogP contribution in [0.2, 0.25) is 0 Å². The van der Waals surface area contributed by atoms with Gasteiger partial charge >= 0.3 is 0 Å². The first-order valence-corrected chi connectivity index (χ1v) is 20.0. The maximum atomic E-state index is 6.76. The van der Waals surface area contributed by atoms with E-state index in [0.717, 1.165) is 82.8 Å². The third kappa shape index (κ3) is 4.74. The maximum Gasteiger partial charge on any atom is 0.143 e. The Kier molecular flexibility index (Phi) is 6.98. The zero-order valence-electron chi connectivity index (χ0n) is 32.2. The van der Waals surface area contributed by atoms with Crippen molar-refractivity contribution in [3.8, 4) is 33.4 Å². The minimum Gasteiger partial charge on any atom is -0.456 e. The van der Waals surface area contributed by atoms with Crippen molar-refractivity contribution in [3.63, 3.8) is 0 Å². The molecule has 0 amide bonds. The first-order valence-electron chi connectivity index (χ1n) is 20.0. The fraction of sp³-hybridized carbons (Fsp3) is 0.0545. The van der Waals surface area contributed by atoms with E-state index in [-0.39, 0.29) is 5.41 Å². The predicted octanol–water partition coefficient (Wildman–Crippen LogP) is 15.7. The first kappa shape index (κ1) is 32.8. The summed E-state index contributed by atoms with van der Waals surface area (Å²) in [7, 11) is 0. The molecule has 0 unspecified atom stereocenters. The van der Waals surface area contributed by atoms with Crippen LogP contribution in [0.3, 0.4) is 0 Å². The van der Waals surface area contributed by atoms with Crippen molar-refractivity contribution in [2.45, 2.75) is 19.3 Å². The van der Waals surface area contributed by atoms with E-state index in [0.29, 0.717) is 0 Å². The topological polar surface area (TPSA) is 29.5 Å². The Hall–Kier alpha value is -7.36. The van der Waals surface area contributed by atoms with Gasteiger partial charge < -0.3 is 13.7 Å². The summed E-state index contributed by atoms with van der Waals surface area (Å²) in [4.78, 5) is 2.43. The number of hydrogen-bond acceptors (Lipinski definition) is 3. The summed E-state index contributed by atoms with van der Waals surface area (Å²) < 4.78 is 13.1. The van der Waals surface area contributed by atoms with E-state index in [2.05, 4.69) is 195 Å². The van der Waals surface area contributed by atoms with Crippen molar-refractivity contribution < 1.29 is 8.83 Å². The molecule has 9 aromatic carbocycles. The number of para-hydroxylation sites is 2. The van der Waals surface area contributed by atoms with Crippen LogP contribution in [0.25, 0.3) is 88.0 Å². The van der Waals surface area contributed by atoms with Crippen LogP contribution in [0.1, 0.15) is 25.0 Å². The highest BCUT2D eigenvalue weighted by Crippen LogP contribution is 2.54. The monoisotopic (exact) mass is 743 g/mol. The third-order valence-corrected chi connectivity index (χ3v) is 12.5. The van der Waals surface area contributed by atoms with Gasteiger partial charge in [-0.1, -0.05) is 147 Å². The molecule has 2 aromatic heterocycles. The lowest BCUT2D eigenvalue weighted by Gasteiger charge is -2.29. The van der Waals surface area contributed by atoms with Crippen LogP contribution < -0.4 is 4.90 Å². The van der Waals surface area contributed by atoms with Gasteiger partial charge in [-0.05, 0) is 98.9 Å². The summed E-state index contributed by atoms with van der Waals surface area (Å²) in [5, 5.41) is 6.72. The molecule has 0 fully saturated rings. The molecule has 0 saturated carbocycles. The standard InChI is InChI=1S/C55H37NO2/c1-55(2)45-19-8-5-17-43(45)52-42(18-11-20-46(52)55)39-15-6-9-21-47(39)56(48-22-12-24-50-53(48)44-32-27-35-13-3-4-14-38(35)54(44)58-50)37-29-25-34(26-30-37)36-28-31-41-40-16-7-10-23-49(40)57-51(41)33-36/h3-33H,1-2H3. The second kappa shape index (κ2) is 12.3. The Labute approximate surface area is 336 Å². The molecular formula is C55H37NO2. The second-order valence-corrected chi connectivity index (χ2v) is 16.0. The lowest BCUT2D eigenvalue weighted by atomic mass is 9.82. The van der Waals surface area contributed by atoms with E-state index in [9.17, 15) is 0 Å².